The normalized spacial score (nSPS) is 10.7. The van der Waals surface area contributed by atoms with E-state index in [-0.39, 0.29) is 36.4 Å². The van der Waals surface area contributed by atoms with Crippen molar-refractivity contribution in [2.45, 2.75) is 33.2 Å². The van der Waals surface area contributed by atoms with Crippen LogP contribution in [0.4, 0.5) is 0 Å². The monoisotopic (exact) mass is 494 g/mol. The molecule has 1 amide bonds. The number of nitrogens with one attached hydrogen (secondary N) is 3. The molecule has 2 aromatic rings. The third kappa shape index (κ3) is 8.73. The minimum Gasteiger partial charge on any atom is -0.357 e. The molecule has 0 fully saturated rings. The van der Waals surface area contributed by atoms with Gasteiger partial charge in [0.2, 0.25) is 5.91 Å². The first-order valence-electron chi connectivity index (χ1n) is 9.62. The van der Waals surface area contributed by atoms with Gasteiger partial charge in [-0.2, -0.15) is 0 Å². The number of halogens is 1. The van der Waals surface area contributed by atoms with Crippen molar-refractivity contribution in [2.75, 3.05) is 19.6 Å². The van der Waals surface area contributed by atoms with E-state index in [0.717, 1.165) is 19.4 Å². The second-order valence-corrected chi connectivity index (χ2v) is 6.26. The molecule has 28 heavy (non-hydrogen) atoms. The van der Waals surface area contributed by atoms with Crippen LogP contribution in [-0.2, 0) is 24.2 Å². The lowest BCUT2D eigenvalue weighted by Crippen LogP contribution is -2.43. The number of amides is 1. The van der Waals surface area contributed by atoms with Crippen molar-refractivity contribution in [2.24, 2.45) is 4.99 Å². The van der Waals surface area contributed by atoms with Crippen molar-refractivity contribution < 1.29 is 4.79 Å². The number of rotatable bonds is 9. The summed E-state index contributed by atoms with van der Waals surface area (Å²) < 4.78 is 0. The number of hydrogen-bond donors (Lipinski definition) is 3. The van der Waals surface area contributed by atoms with E-state index in [1.807, 2.05) is 31.2 Å². The highest BCUT2D eigenvalue weighted by Gasteiger charge is 2.04. The lowest BCUT2D eigenvalue weighted by molar-refractivity contribution is -0.119. The van der Waals surface area contributed by atoms with Crippen LogP contribution in [-0.4, -0.2) is 31.5 Å². The fourth-order valence-corrected chi connectivity index (χ4v) is 2.78. The Labute approximate surface area is 185 Å². The van der Waals surface area contributed by atoms with Crippen LogP contribution >= 0.6 is 24.0 Å². The number of carbonyl (C=O) groups is 1. The van der Waals surface area contributed by atoms with E-state index in [1.165, 1.54) is 16.7 Å². The first-order valence-corrected chi connectivity index (χ1v) is 9.62. The summed E-state index contributed by atoms with van der Waals surface area (Å²) in [7, 11) is 0. The van der Waals surface area contributed by atoms with Crippen molar-refractivity contribution in [3.05, 3.63) is 71.3 Å². The van der Waals surface area contributed by atoms with E-state index in [0.29, 0.717) is 19.0 Å². The average molecular weight is 494 g/mol. The number of benzene rings is 2. The van der Waals surface area contributed by atoms with Gasteiger partial charge in [-0.1, -0.05) is 61.5 Å². The number of guanidine groups is 1. The predicted octanol–water partition coefficient (Wildman–Crippen LogP) is 3.28. The highest BCUT2D eigenvalue weighted by Crippen LogP contribution is 2.10. The van der Waals surface area contributed by atoms with Crippen LogP contribution in [0.2, 0.25) is 0 Å². The van der Waals surface area contributed by atoms with Crippen molar-refractivity contribution in [1.82, 2.24) is 16.0 Å². The Morgan fingerprint density at radius 1 is 0.893 bits per heavy atom. The van der Waals surface area contributed by atoms with Crippen molar-refractivity contribution in [3.8, 4) is 0 Å². The van der Waals surface area contributed by atoms with E-state index < -0.39 is 0 Å². The molecule has 5 nitrogen and oxygen atoms in total. The Morgan fingerprint density at radius 2 is 1.57 bits per heavy atom. The van der Waals surface area contributed by atoms with Gasteiger partial charge in [-0.25, -0.2) is 4.99 Å². The summed E-state index contributed by atoms with van der Waals surface area (Å²) in [5.74, 6) is 0.618. The van der Waals surface area contributed by atoms with Gasteiger partial charge in [-0.05, 0) is 36.5 Å². The Hall–Kier alpha value is -2.09. The van der Waals surface area contributed by atoms with Gasteiger partial charge < -0.3 is 16.0 Å². The molecule has 3 N–H and O–H groups in total. The maximum atomic E-state index is 12.1. The molecular weight excluding hydrogens is 463 g/mol. The van der Waals surface area contributed by atoms with Crippen LogP contribution < -0.4 is 16.0 Å². The average Bonchev–Trinajstić information content (AvgIpc) is 2.71. The van der Waals surface area contributed by atoms with E-state index >= 15 is 0 Å². The standard InChI is InChI=1S/C22H30N4O.HI/c1-3-19-12-8-9-13-20(19)16-25-22(23-4-2)26-17-21(27)24-15-14-18-10-6-5-7-11-18;/h5-13H,3-4,14-17H2,1-2H3,(H,24,27)(H2,23,25,26);1H. The summed E-state index contributed by atoms with van der Waals surface area (Å²) in [6.07, 6.45) is 1.81. The van der Waals surface area contributed by atoms with Crippen molar-refractivity contribution in [3.63, 3.8) is 0 Å². The summed E-state index contributed by atoms with van der Waals surface area (Å²) in [5, 5.41) is 9.23. The fraction of sp³-hybridized carbons (Fsp3) is 0.364. The number of aliphatic imine (C=N–C) groups is 1. The lowest BCUT2D eigenvalue weighted by Gasteiger charge is -2.12. The molecule has 0 saturated carbocycles. The van der Waals surface area contributed by atoms with E-state index in [9.17, 15) is 4.79 Å². The molecule has 0 unspecified atom stereocenters. The first-order chi connectivity index (χ1) is 13.2. The Morgan fingerprint density at radius 3 is 2.25 bits per heavy atom. The van der Waals surface area contributed by atoms with Crippen molar-refractivity contribution >= 4 is 35.8 Å². The van der Waals surface area contributed by atoms with Crippen LogP contribution in [0.1, 0.15) is 30.5 Å². The Kier molecular flexibility index (Phi) is 12.0. The lowest BCUT2D eigenvalue weighted by atomic mass is 10.1. The largest absolute Gasteiger partial charge is 0.357 e. The highest BCUT2D eigenvalue weighted by molar-refractivity contribution is 14.0. The van der Waals surface area contributed by atoms with Crippen molar-refractivity contribution in [1.29, 1.82) is 0 Å². The Bertz CT molecular complexity index is 734. The minimum absolute atomic E-state index is 0. The summed E-state index contributed by atoms with van der Waals surface area (Å²) in [6, 6.07) is 18.5. The second kappa shape index (κ2) is 14.0. The molecule has 0 aliphatic carbocycles. The number of aryl methyl sites for hydroxylation is 1. The summed E-state index contributed by atoms with van der Waals surface area (Å²) in [5.41, 5.74) is 3.73. The molecule has 0 atom stereocenters. The molecule has 0 aromatic heterocycles. The van der Waals surface area contributed by atoms with Gasteiger partial charge in [0.25, 0.3) is 0 Å². The topological polar surface area (TPSA) is 65.5 Å². The van der Waals surface area contributed by atoms with Gasteiger partial charge in [-0.3, -0.25) is 4.79 Å². The Balaban J connectivity index is 0.00000392. The van der Waals surface area contributed by atoms with Gasteiger partial charge >= 0.3 is 0 Å². The fourth-order valence-electron chi connectivity index (χ4n) is 2.78. The second-order valence-electron chi connectivity index (χ2n) is 6.26. The molecular formula is C22H31IN4O. The molecule has 0 spiro atoms. The molecule has 0 heterocycles. The summed E-state index contributed by atoms with van der Waals surface area (Å²) in [4.78, 5) is 16.7. The van der Waals surface area contributed by atoms with E-state index in [4.69, 9.17) is 0 Å². The van der Waals surface area contributed by atoms with Gasteiger partial charge in [-0.15, -0.1) is 24.0 Å². The van der Waals surface area contributed by atoms with E-state index in [2.05, 4.69) is 58.2 Å². The minimum atomic E-state index is -0.0366. The first kappa shape index (κ1) is 23.9. The third-order valence-electron chi connectivity index (χ3n) is 4.25. The molecule has 0 radical (unpaired) electrons. The maximum Gasteiger partial charge on any atom is 0.239 e. The zero-order valence-corrected chi connectivity index (χ0v) is 19.0. The van der Waals surface area contributed by atoms with Gasteiger partial charge in [0, 0.05) is 13.1 Å². The third-order valence-corrected chi connectivity index (χ3v) is 4.25. The summed E-state index contributed by atoms with van der Waals surface area (Å²) >= 11 is 0. The molecule has 2 aromatic carbocycles. The zero-order valence-electron chi connectivity index (χ0n) is 16.7. The van der Waals surface area contributed by atoms with Gasteiger partial charge in [0.05, 0.1) is 13.1 Å². The maximum absolute atomic E-state index is 12.1. The van der Waals surface area contributed by atoms with E-state index in [1.54, 1.807) is 0 Å². The number of hydrogen-bond acceptors (Lipinski definition) is 2. The zero-order chi connectivity index (χ0) is 19.3. The van der Waals surface area contributed by atoms with Crippen LogP contribution in [0.25, 0.3) is 0 Å². The van der Waals surface area contributed by atoms with Crippen LogP contribution in [0, 0.1) is 0 Å². The molecule has 6 heteroatoms. The highest BCUT2D eigenvalue weighted by atomic mass is 127. The SMILES string of the molecule is CCNC(=NCc1ccccc1CC)NCC(=O)NCCc1ccccc1.I. The smallest absolute Gasteiger partial charge is 0.239 e. The molecule has 0 aliphatic rings. The number of nitrogens with zero attached hydrogens (tertiary/aromatic N) is 1. The molecule has 0 bridgehead atoms. The molecule has 0 aliphatic heterocycles. The van der Waals surface area contributed by atoms with Crippen LogP contribution in [0.3, 0.4) is 0 Å². The predicted molar refractivity (Wildman–Crippen MR) is 127 cm³/mol. The van der Waals surface area contributed by atoms with Crippen LogP contribution in [0.15, 0.2) is 59.6 Å². The molecule has 2 rings (SSSR count). The van der Waals surface area contributed by atoms with Crippen LogP contribution in [0.5, 0.6) is 0 Å². The number of carbonyl (C=O) groups excluding carboxylic acids is 1. The molecule has 152 valence electrons. The van der Waals surface area contributed by atoms with Gasteiger partial charge in [0.15, 0.2) is 5.96 Å². The van der Waals surface area contributed by atoms with Gasteiger partial charge in [0.1, 0.15) is 0 Å². The molecule has 0 saturated heterocycles. The quantitative estimate of drug-likeness (QED) is 0.285. The summed E-state index contributed by atoms with van der Waals surface area (Å²) in [6.45, 7) is 6.33.